The SMILES string of the molecule is COC(=O)C1[C@@H]2CC(=O)N3c4c(OC)cccc4[C@@]4(O)CCN(C[C@H]2[C@H](C)O)[C@@]134. The minimum atomic E-state index is -1.42. The van der Waals surface area contributed by atoms with E-state index in [4.69, 9.17) is 9.47 Å². The van der Waals surface area contributed by atoms with Gasteiger partial charge >= 0.3 is 5.97 Å². The molecule has 29 heavy (non-hydrogen) atoms. The van der Waals surface area contributed by atoms with Gasteiger partial charge in [-0.2, -0.15) is 0 Å². The van der Waals surface area contributed by atoms with Crippen LogP contribution in [0.15, 0.2) is 18.2 Å². The van der Waals surface area contributed by atoms with Gasteiger partial charge in [-0.05, 0) is 25.3 Å². The number of methoxy groups -OCH3 is 2. The Labute approximate surface area is 169 Å². The zero-order chi connectivity index (χ0) is 20.7. The monoisotopic (exact) mass is 402 g/mol. The van der Waals surface area contributed by atoms with Crippen LogP contribution in [0.3, 0.4) is 0 Å². The number of nitrogens with zero attached hydrogens (tertiary/aromatic N) is 2. The zero-order valence-corrected chi connectivity index (χ0v) is 16.8. The van der Waals surface area contributed by atoms with Gasteiger partial charge in [0.1, 0.15) is 22.9 Å². The summed E-state index contributed by atoms with van der Waals surface area (Å²) in [5.74, 6) is -1.59. The van der Waals surface area contributed by atoms with Gasteiger partial charge in [0.2, 0.25) is 5.91 Å². The second kappa shape index (κ2) is 5.93. The lowest BCUT2D eigenvalue weighted by Crippen LogP contribution is -2.78. The van der Waals surface area contributed by atoms with Gasteiger partial charge in [-0.3, -0.25) is 19.4 Å². The highest BCUT2D eigenvalue weighted by Crippen LogP contribution is 2.67. The summed E-state index contributed by atoms with van der Waals surface area (Å²) >= 11 is 0. The van der Waals surface area contributed by atoms with Crippen LogP contribution in [0.4, 0.5) is 5.69 Å². The van der Waals surface area contributed by atoms with E-state index in [0.29, 0.717) is 36.5 Å². The first-order valence-electron chi connectivity index (χ1n) is 10.1. The molecule has 1 spiro atoms. The van der Waals surface area contributed by atoms with E-state index in [9.17, 15) is 19.8 Å². The first-order valence-corrected chi connectivity index (χ1v) is 10.1. The molecule has 156 valence electrons. The highest BCUT2D eigenvalue weighted by atomic mass is 16.5. The summed E-state index contributed by atoms with van der Waals surface area (Å²) in [6.07, 6.45) is -0.196. The summed E-state index contributed by atoms with van der Waals surface area (Å²) in [6, 6.07) is 5.37. The molecular weight excluding hydrogens is 376 g/mol. The van der Waals surface area contributed by atoms with Gasteiger partial charge in [-0.1, -0.05) is 12.1 Å². The number of benzene rings is 1. The molecule has 3 fully saturated rings. The molecule has 4 heterocycles. The Hall–Kier alpha value is -2.16. The van der Waals surface area contributed by atoms with Crippen molar-refractivity contribution in [3.63, 3.8) is 0 Å². The molecule has 1 aromatic carbocycles. The zero-order valence-electron chi connectivity index (χ0n) is 16.8. The fourth-order valence-electron chi connectivity index (χ4n) is 6.61. The molecule has 6 atom stereocenters. The maximum atomic E-state index is 13.5. The van der Waals surface area contributed by atoms with E-state index in [2.05, 4.69) is 0 Å². The van der Waals surface area contributed by atoms with E-state index < -0.39 is 35.2 Å². The Kier molecular flexibility index (Phi) is 3.85. The van der Waals surface area contributed by atoms with Crippen molar-refractivity contribution in [2.75, 3.05) is 32.2 Å². The van der Waals surface area contributed by atoms with E-state index >= 15 is 0 Å². The maximum Gasteiger partial charge on any atom is 0.312 e. The van der Waals surface area contributed by atoms with Crippen LogP contribution in [0.5, 0.6) is 5.75 Å². The Morgan fingerprint density at radius 1 is 1.34 bits per heavy atom. The molecule has 8 heteroatoms. The molecule has 1 amide bonds. The van der Waals surface area contributed by atoms with Crippen LogP contribution in [0.25, 0.3) is 0 Å². The number of anilines is 1. The summed E-state index contributed by atoms with van der Waals surface area (Å²) in [6.45, 7) is 2.71. The number of para-hydroxylation sites is 1. The molecule has 4 aliphatic rings. The third-order valence-corrected chi connectivity index (χ3v) is 7.64. The highest BCUT2D eigenvalue weighted by Gasteiger charge is 2.79. The Balaban J connectivity index is 1.82. The molecule has 1 unspecified atom stereocenters. The molecule has 2 bridgehead atoms. The van der Waals surface area contributed by atoms with E-state index in [1.165, 1.54) is 14.2 Å². The molecule has 0 aromatic heterocycles. The average Bonchev–Trinajstić information content (AvgIpc) is 3.10. The van der Waals surface area contributed by atoms with Crippen molar-refractivity contribution in [1.82, 2.24) is 4.90 Å². The Bertz CT molecular complexity index is 903. The lowest BCUT2D eigenvalue weighted by molar-refractivity contribution is -0.194. The van der Waals surface area contributed by atoms with Gasteiger partial charge in [0, 0.05) is 31.0 Å². The van der Waals surface area contributed by atoms with Crippen molar-refractivity contribution < 1.29 is 29.3 Å². The molecule has 2 N–H and O–H groups in total. The quantitative estimate of drug-likeness (QED) is 0.708. The lowest BCUT2D eigenvalue weighted by atomic mass is 9.61. The number of esters is 1. The molecule has 4 aliphatic heterocycles. The molecule has 3 saturated heterocycles. The number of hydrogen-bond donors (Lipinski definition) is 2. The van der Waals surface area contributed by atoms with Gasteiger partial charge in [-0.25, -0.2) is 0 Å². The number of aliphatic hydroxyl groups is 2. The molecule has 8 nitrogen and oxygen atoms in total. The minimum absolute atomic E-state index is 0.110. The second-order valence-corrected chi connectivity index (χ2v) is 8.64. The van der Waals surface area contributed by atoms with Gasteiger partial charge in [-0.15, -0.1) is 0 Å². The van der Waals surface area contributed by atoms with Crippen LogP contribution < -0.4 is 9.64 Å². The second-order valence-electron chi connectivity index (χ2n) is 8.64. The molecule has 0 radical (unpaired) electrons. The van der Waals surface area contributed by atoms with E-state index in [0.717, 1.165) is 0 Å². The smallest absolute Gasteiger partial charge is 0.312 e. The number of fused-ring (bicyclic) bond motifs is 4. The van der Waals surface area contributed by atoms with Gasteiger partial charge < -0.3 is 19.7 Å². The highest BCUT2D eigenvalue weighted by molar-refractivity contribution is 6.03. The lowest BCUT2D eigenvalue weighted by Gasteiger charge is -2.61. The Morgan fingerprint density at radius 3 is 2.76 bits per heavy atom. The molecule has 0 saturated carbocycles. The van der Waals surface area contributed by atoms with Crippen LogP contribution >= 0.6 is 0 Å². The number of amides is 1. The maximum absolute atomic E-state index is 13.5. The van der Waals surface area contributed by atoms with Crippen molar-refractivity contribution in [2.24, 2.45) is 17.8 Å². The fraction of sp³-hybridized carbons (Fsp3) is 0.619. The van der Waals surface area contributed by atoms with Gasteiger partial charge in [0.25, 0.3) is 0 Å². The van der Waals surface area contributed by atoms with Gasteiger partial charge in [0.15, 0.2) is 0 Å². The van der Waals surface area contributed by atoms with Crippen LogP contribution in [-0.2, 0) is 19.9 Å². The van der Waals surface area contributed by atoms with E-state index in [1.54, 1.807) is 24.0 Å². The van der Waals surface area contributed by atoms with E-state index in [-0.39, 0.29) is 18.2 Å². The normalized spacial score (nSPS) is 38.4. The molecular formula is C21H26N2O6. The summed E-state index contributed by atoms with van der Waals surface area (Å²) in [5, 5.41) is 22.6. The number of rotatable bonds is 3. The topological polar surface area (TPSA) is 99.5 Å². The standard InChI is InChI=1S/C21H26N2O6/c1-11(24)13-10-22-8-7-20(27)14-5-4-6-15(28-2)18(14)23-16(25)9-12(13)17(19(26)29-3)21(20,22)23/h4-6,11-13,17,24,27H,7-10H2,1-3H3/t11-,12+,13-,17?,20-,21-/m0/s1. The first kappa shape index (κ1) is 18.8. The molecule has 5 rings (SSSR count). The third kappa shape index (κ3) is 1.95. The summed E-state index contributed by atoms with van der Waals surface area (Å²) in [5.41, 5.74) is -1.54. The van der Waals surface area contributed by atoms with Crippen LogP contribution in [-0.4, -0.2) is 66.1 Å². The van der Waals surface area contributed by atoms with E-state index in [1.807, 2.05) is 11.0 Å². The largest absolute Gasteiger partial charge is 0.495 e. The predicted molar refractivity (Wildman–Crippen MR) is 102 cm³/mol. The summed E-state index contributed by atoms with van der Waals surface area (Å²) in [7, 11) is 2.86. The molecule has 0 aliphatic carbocycles. The van der Waals surface area contributed by atoms with Crippen LogP contribution in [0.1, 0.15) is 25.3 Å². The number of carbonyl (C=O) groups excluding carboxylic acids is 2. The number of aliphatic hydroxyl groups excluding tert-OH is 1. The summed E-state index contributed by atoms with van der Waals surface area (Å²) < 4.78 is 10.7. The third-order valence-electron chi connectivity index (χ3n) is 7.64. The number of piperidine rings is 2. The van der Waals surface area contributed by atoms with Crippen LogP contribution in [0, 0.1) is 17.8 Å². The van der Waals surface area contributed by atoms with Crippen molar-refractivity contribution in [1.29, 1.82) is 0 Å². The Morgan fingerprint density at radius 2 is 2.10 bits per heavy atom. The summed E-state index contributed by atoms with van der Waals surface area (Å²) in [4.78, 5) is 30.3. The molecule has 1 aromatic rings. The van der Waals surface area contributed by atoms with Crippen molar-refractivity contribution in [3.8, 4) is 5.75 Å². The van der Waals surface area contributed by atoms with Crippen LogP contribution in [0.2, 0.25) is 0 Å². The first-order chi connectivity index (χ1) is 13.8. The van der Waals surface area contributed by atoms with Crippen molar-refractivity contribution in [3.05, 3.63) is 23.8 Å². The number of hydrogen-bond acceptors (Lipinski definition) is 7. The van der Waals surface area contributed by atoms with Gasteiger partial charge in [0.05, 0.1) is 26.0 Å². The van der Waals surface area contributed by atoms with Crippen molar-refractivity contribution in [2.45, 2.75) is 37.1 Å². The number of carbonyl (C=O) groups is 2. The minimum Gasteiger partial charge on any atom is -0.495 e. The average molecular weight is 402 g/mol. The predicted octanol–water partition coefficient (Wildman–Crippen LogP) is 0.451. The number of ether oxygens (including phenoxy) is 2. The van der Waals surface area contributed by atoms with Crippen molar-refractivity contribution >= 4 is 17.6 Å². The fourth-order valence-corrected chi connectivity index (χ4v) is 6.61.